The van der Waals surface area contributed by atoms with Gasteiger partial charge in [-0.1, -0.05) is 41.5 Å². The number of hydrogen-bond donors (Lipinski definition) is 2. The quantitative estimate of drug-likeness (QED) is 0.795. The van der Waals surface area contributed by atoms with Crippen LogP contribution in [0.5, 0.6) is 5.75 Å². The smallest absolute Gasteiger partial charge is 0.317 e. The van der Waals surface area contributed by atoms with E-state index in [2.05, 4.69) is 0 Å². The van der Waals surface area contributed by atoms with Crippen molar-refractivity contribution in [2.45, 2.75) is 71.8 Å². The highest BCUT2D eigenvalue weighted by Crippen LogP contribution is 2.44. The van der Waals surface area contributed by atoms with Crippen LogP contribution < -0.4 is 0 Å². The van der Waals surface area contributed by atoms with Gasteiger partial charge in [0.2, 0.25) is 0 Å². The van der Waals surface area contributed by atoms with Gasteiger partial charge in [-0.25, -0.2) is 0 Å². The van der Waals surface area contributed by atoms with Gasteiger partial charge in [-0.15, -0.1) is 0 Å². The summed E-state index contributed by atoms with van der Waals surface area (Å²) in [5.74, 6) is 0.244. The molecule has 0 aliphatic heterocycles. The highest BCUT2D eigenvalue weighted by atomic mass is 31.1. The fraction of sp³-hybridized carbons (Fsp3) is 0.647. The molecule has 1 aromatic rings. The second-order valence-corrected chi connectivity index (χ2v) is 9.03. The second-order valence-electron chi connectivity index (χ2n) is 8.29. The largest absolute Gasteiger partial charge is 0.508 e. The molecule has 1 rings (SSSR count). The fourth-order valence-electron chi connectivity index (χ4n) is 2.58. The molecule has 2 N–H and O–H groups in total. The van der Waals surface area contributed by atoms with Gasteiger partial charge in [0, 0.05) is 0 Å². The number of phenolic OH excluding ortho intramolecular Hbond substituents is 1. The highest BCUT2D eigenvalue weighted by Gasteiger charge is 2.33. The van der Waals surface area contributed by atoms with E-state index in [0.717, 1.165) is 16.7 Å². The normalized spacial score (nSPS) is 15.0. The van der Waals surface area contributed by atoms with Gasteiger partial charge in [0.1, 0.15) is 5.75 Å². The van der Waals surface area contributed by atoms with Crippen LogP contribution in [0, 0.1) is 0 Å². The van der Waals surface area contributed by atoms with Crippen molar-refractivity contribution in [1.82, 2.24) is 0 Å². The molecule has 0 radical (unpaired) electrons. The van der Waals surface area contributed by atoms with E-state index in [4.69, 9.17) is 4.52 Å². The molecule has 22 heavy (non-hydrogen) atoms. The Morgan fingerprint density at radius 2 is 1.32 bits per heavy atom. The van der Waals surface area contributed by atoms with Crippen molar-refractivity contribution >= 4 is 8.25 Å². The van der Waals surface area contributed by atoms with E-state index in [1.165, 1.54) is 0 Å². The van der Waals surface area contributed by atoms with Crippen LogP contribution in [0.2, 0.25) is 0 Å². The molecule has 1 atom stereocenters. The lowest BCUT2D eigenvalue weighted by atomic mass is 9.75. The molecule has 0 spiro atoms. The van der Waals surface area contributed by atoms with Gasteiger partial charge in [0.25, 0.3) is 0 Å². The van der Waals surface area contributed by atoms with Crippen LogP contribution in [0.25, 0.3) is 0 Å². The molecule has 0 heterocycles. The predicted molar refractivity (Wildman–Crippen MR) is 90.8 cm³/mol. The molecular weight excluding hydrogens is 299 g/mol. The average Bonchev–Trinajstić information content (AvgIpc) is 2.23. The molecule has 126 valence electrons. The van der Waals surface area contributed by atoms with Gasteiger partial charge in [-0.05, 0) is 53.5 Å². The number of hydrogen-bond acceptors (Lipinski definition) is 3. The van der Waals surface area contributed by atoms with Crippen molar-refractivity contribution in [3.05, 3.63) is 28.8 Å². The number of benzene rings is 1. The zero-order valence-electron chi connectivity index (χ0n) is 14.9. The molecule has 0 aliphatic rings. The Bertz CT molecular complexity index is 578. The maximum Gasteiger partial charge on any atom is 0.317 e. The second kappa shape index (κ2) is 5.99. The van der Waals surface area contributed by atoms with Crippen LogP contribution in [0.3, 0.4) is 0 Å². The van der Waals surface area contributed by atoms with Crippen molar-refractivity contribution in [2.75, 3.05) is 0 Å². The standard InChI is InChI=1S/C17H29O4P/c1-15(2,3)11-10-14(18)13(16(4,5)6)9-12(11)17(7,8)21-22(19)20/h9-10,18,22H,1-8H3,(H,19,20). The lowest BCUT2D eigenvalue weighted by Crippen LogP contribution is -2.27. The summed E-state index contributed by atoms with van der Waals surface area (Å²) in [4.78, 5) is 9.20. The summed E-state index contributed by atoms with van der Waals surface area (Å²) in [5.41, 5.74) is 1.15. The van der Waals surface area contributed by atoms with Crippen LogP contribution in [0.4, 0.5) is 0 Å². The van der Waals surface area contributed by atoms with Crippen molar-refractivity contribution in [2.24, 2.45) is 0 Å². The van der Waals surface area contributed by atoms with E-state index in [1.54, 1.807) is 19.9 Å². The van der Waals surface area contributed by atoms with Crippen molar-refractivity contribution in [1.29, 1.82) is 0 Å². The molecule has 0 fully saturated rings. The molecule has 0 aliphatic carbocycles. The monoisotopic (exact) mass is 328 g/mol. The minimum Gasteiger partial charge on any atom is -0.508 e. The Balaban J connectivity index is 3.68. The molecule has 0 saturated heterocycles. The van der Waals surface area contributed by atoms with Crippen LogP contribution in [0.1, 0.15) is 72.1 Å². The highest BCUT2D eigenvalue weighted by molar-refractivity contribution is 7.32. The van der Waals surface area contributed by atoms with Gasteiger partial charge in [0.15, 0.2) is 0 Å². The van der Waals surface area contributed by atoms with Gasteiger partial charge >= 0.3 is 8.25 Å². The first kappa shape index (κ1) is 19.2. The molecular formula is C17H29O4P. The molecule has 4 nitrogen and oxygen atoms in total. The van der Waals surface area contributed by atoms with E-state index < -0.39 is 13.9 Å². The van der Waals surface area contributed by atoms with Gasteiger partial charge < -0.3 is 10.00 Å². The Morgan fingerprint density at radius 1 is 0.864 bits per heavy atom. The van der Waals surface area contributed by atoms with E-state index >= 15 is 0 Å². The first-order valence-corrected chi connectivity index (χ1v) is 8.73. The summed E-state index contributed by atoms with van der Waals surface area (Å²) in [5, 5.41) is 10.4. The predicted octanol–water partition coefficient (Wildman–Crippen LogP) is 4.62. The summed E-state index contributed by atoms with van der Waals surface area (Å²) in [6, 6.07) is 3.66. The fourth-order valence-corrected chi connectivity index (χ4v) is 3.13. The van der Waals surface area contributed by atoms with Crippen LogP contribution >= 0.6 is 8.25 Å². The Hall–Kier alpha value is -0.830. The zero-order chi connectivity index (χ0) is 17.5. The molecule has 1 aromatic carbocycles. The van der Waals surface area contributed by atoms with E-state index in [1.807, 2.05) is 47.6 Å². The minimum atomic E-state index is -3.07. The lowest BCUT2D eigenvalue weighted by molar-refractivity contribution is 0.100. The lowest BCUT2D eigenvalue weighted by Gasteiger charge is -2.34. The third-order valence-corrected chi connectivity index (χ3v) is 4.43. The van der Waals surface area contributed by atoms with E-state index in [-0.39, 0.29) is 16.6 Å². The van der Waals surface area contributed by atoms with Gasteiger partial charge in [0.05, 0.1) is 5.60 Å². The topological polar surface area (TPSA) is 66.8 Å². The molecule has 5 heteroatoms. The third kappa shape index (κ3) is 4.34. The third-order valence-electron chi connectivity index (χ3n) is 3.74. The SMILES string of the molecule is CC(C)(C)c1cc(C(C)(C)O[PH](=O)O)c(C(C)(C)C)cc1O. The zero-order valence-corrected chi connectivity index (χ0v) is 15.9. The van der Waals surface area contributed by atoms with E-state index in [9.17, 15) is 14.6 Å². The number of aromatic hydroxyl groups is 1. The number of phenols is 1. The van der Waals surface area contributed by atoms with E-state index in [0.29, 0.717) is 0 Å². The summed E-state index contributed by atoms with van der Waals surface area (Å²) >= 11 is 0. The number of rotatable bonds is 3. The van der Waals surface area contributed by atoms with Gasteiger partial charge in [-0.3, -0.25) is 9.09 Å². The summed E-state index contributed by atoms with van der Waals surface area (Å²) in [6.07, 6.45) is 0. The Labute approximate surface area is 134 Å². The van der Waals surface area contributed by atoms with Crippen molar-refractivity contribution < 1.29 is 19.1 Å². The van der Waals surface area contributed by atoms with Crippen molar-refractivity contribution in [3.63, 3.8) is 0 Å². The van der Waals surface area contributed by atoms with Crippen LogP contribution in [-0.2, 0) is 25.5 Å². The average molecular weight is 328 g/mol. The first-order valence-electron chi connectivity index (χ1n) is 7.46. The first-order chi connectivity index (χ1) is 9.66. The van der Waals surface area contributed by atoms with Crippen LogP contribution in [0.15, 0.2) is 12.1 Å². The van der Waals surface area contributed by atoms with Crippen LogP contribution in [-0.4, -0.2) is 10.00 Å². The Kier molecular flexibility index (Phi) is 5.23. The summed E-state index contributed by atoms with van der Waals surface area (Å²) in [7, 11) is -3.07. The maximum absolute atomic E-state index is 11.2. The molecule has 0 aromatic heterocycles. The summed E-state index contributed by atoms with van der Waals surface area (Å²) < 4.78 is 16.5. The molecule has 1 unspecified atom stereocenters. The molecule has 0 saturated carbocycles. The summed E-state index contributed by atoms with van der Waals surface area (Å²) in [6.45, 7) is 15.7. The Morgan fingerprint density at radius 3 is 1.68 bits per heavy atom. The molecule has 0 amide bonds. The minimum absolute atomic E-state index is 0.227. The maximum atomic E-state index is 11.2. The molecule has 0 bridgehead atoms. The van der Waals surface area contributed by atoms with Gasteiger partial charge in [-0.2, -0.15) is 0 Å². The van der Waals surface area contributed by atoms with Crippen molar-refractivity contribution in [3.8, 4) is 5.75 Å².